The number of nitrogens with zero attached hydrogens (tertiary/aromatic N) is 3. The van der Waals surface area contributed by atoms with Crippen LogP contribution in [0.4, 0.5) is 5.69 Å². The second kappa shape index (κ2) is 10.7. The minimum atomic E-state index is -1.92. The van der Waals surface area contributed by atoms with Crippen molar-refractivity contribution in [3.05, 3.63) is 77.0 Å². The van der Waals surface area contributed by atoms with E-state index in [2.05, 4.69) is 16.4 Å². The fourth-order valence-corrected chi connectivity index (χ4v) is 5.80. The van der Waals surface area contributed by atoms with E-state index < -0.39 is 35.6 Å². The fraction of sp³-hybridized carbons (Fsp3) is 0.448. The molecule has 2 aromatic carbocycles. The minimum absolute atomic E-state index is 0.236. The first-order chi connectivity index (χ1) is 17.8. The molecule has 1 fully saturated rings. The molecule has 38 heavy (non-hydrogen) atoms. The molecule has 8 nitrogen and oxygen atoms in total. The zero-order valence-corrected chi connectivity index (χ0v) is 23.3. The SMILES string of the molecule is C[C@@H](NC(=O)[C@H](O)[C@@H](O)C(=O)N1CC(C)(C)CC1(C)c1cccc(Cl)c1)c1ccc(N2C=CCN2C)cc1. The van der Waals surface area contributed by atoms with Gasteiger partial charge >= 0.3 is 0 Å². The molecule has 0 saturated carbocycles. The third-order valence-electron chi connectivity index (χ3n) is 7.54. The van der Waals surface area contributed by atoms with Crippen molar-refractivity contribution in [2.75, 3.05) is 25.1 Å². The first-order valence-electron chi connectivity index (χ1n) is 12.8. The summed E-state index contributed by atoms with van der Waals surface area (Å²) in [6.07, 6.45) is 0.866. The van der Waals surface area contributed by atoms with Gasteiger partial charge in [-0.2, -0.15) is 0 Å². The van der Waals surface area contributed by atoms with E-state index >= 15 is 0 Å². The molecule has 0 bridgehead atoms. The lowest BCUT2D eigenvalue weighted by Gasteiger charge is -2.37. The predicted octanol–water partition coefficient (Wildman–Crippen LogP) is 3.59. The highest BCUT2D eigenvalue weighted by Crippen LogP contribution is 2.48. The van der Waals surface area contributed by atoms with E-state index in [1.54, 1.807) is 17.9 Å². The van der Waals surface area contributed by atoms with Crippen molar-refractivity contribution < 1.29 is 19.8 Å². The number of rotatable bonds is 7. The Hall–Kier alpha value is -2.91. The van der Waals surface area contributed by atoms with Gasteiger partial charge in [-0.25, -0.2) is 5.01 Å². The van der Waals surface area contributed by atoms with Gasteiger partial charge < -0.3 is 20.4 Å². The Kier molecular flexibility index (Phi) is 7.91. The molecule has 3 N–H and O–H groups in total. The molecule has 1 unspecified atom stereocenters. The number of amides is 2. The maximum atomic E-state index is 13.5. The Morgan fingerprint density at radius 2 is 1.74 bits per heavy atom. The van der Waals surface area contributed by atoms with E-state index in [1.165, 1.54) is 0 Å². The number of hydrazine groups is 1. The van der Waals surface area contributed by atoms with Crippen molar-refractivity contribution >= 4 is 29.1 Å². The van der Waals surface area contributed by atoms with Crippen LogP contribution in [0.15, 0.2) is 60.8 Å². The number of benzene rings is 2. The Balaban J connectivity index is 1.44. The summed E-state index contributed by atoms with van der Waals surface area (Å²) in [6, 6.07) is 14.5. The van der Waals surface area contributed by atoms with Gasteiger partial charge in [-0.05, 0) is 61.1 Å². The van der Waals surface area contributed by atoms with E-state index in [0.29, 0.717) is 18.0 Å². The number of aliphatic hydroxyl groups is 2. The lowest BCUT2D eigenvalue weighted by molar-refractivity contribution is -0.156. The van der Waals surface area contributed by atoms with Crippen LogP contribution >= 0.6 is 11.6 Å². The van der Waals surface area contributed by atoms with Gasteiger partial charge in [0.05, 0.1) is 17.3 Å². The van der Waals surface area contributed by atoms with Crippen LogP contribution in [0, 0.1) is 5.41 Å². The zero-order valence-electron chi connectivity index (χ0n) is 22.6. The third kappa shape index (κ3) is 5.59. The van der Waals surface area contributed by atoms with Crippen LogP contribution in [-0.4, -0.2) is 64.3 Å². The second-order valence-corrected chi connectivity index (χ2v) is 11.8. The summed E-state index contributed by atoms with van der Waals surface area (Å²) in [4.78, 5) is 27.9. The Morgan fingerprint density at radius 1 is 1.05 bits per heavy atom. The normalized spacial score (nSPS) is 23.4. The predicted molar refractivity (Wildman–Crippen MR) is 148 cm³/mol. The summed E-state index contributed by atoms with van der Waals surface area (Å²) >= 11 is 6.23. The van der Waals surface area contributed by atoms with E-state index in [9.17, 15) is 19.8 Å². The van der Waals surface area contributed by atoms with Gasteiger partial charge in [-0.3, -0.25) is 14.6 Å². The monoisotopic (exact) mass is 540 g/mol. The molecular weight excluding hydrogens is 504 g/mol. The second-order valence-electron chi connectivity index (χ2n) is 11.3. The number of aliphatic hydroxyl groups excluding tert-OH is 2. The maximum absolute atomic E-state index is 13.5. The topological polar surface area (TPSA) is 96.3 Å². The maximum Gasteiger partial charge on any atom is 0.255 e. The average molecular weight is 541 g/mol. The van der Waals surface area contributed by atoms with E-state index in [0.717, 1.165) is 23.4 Å². The fourth-order valence-electron chi connectivity index (χ4n) is 5.61. The van der Waals surface area contributed by atoms with E-state index in [-0.39, 0.29) is 5.41 Å². The first-order valence-corrected chi connectivity index (χ1v) is 13.2. The summed E-state index contributed by atoms with van der Waals surface area (Å²) in [5, 5.41) is 28.9. The molecule has 2 aromatic rings. The lowest BCUT2D eigenvalue weighted by Crippen LogP contribution is -2.54. The number of carbonyl (C=O) groups is 2. The molecule has 2 heterocycles. The van der Waals surface area contributed by atoms with Crippen LogP contribution in [0.2, 0.25) is 5.02 Å². The summed E-state index contributed by atoms with van der Waals surface area (Å²) < 4.78 is 0. The molecule has 0 aliphatic carbocycles. The summed E-state index contributed by atoms with van der Waals surface area (Å²) in [5.74, 6) is -1.51. The van der Waals surface area contributed by atoms with Crippen molar-refractivity contribution in [2.24, 2.45) is 5.41 Å². The molecule has 2 aliphatic heterocycles. The standard InChI is InChI=1S/C29H37ClN4O4/c1-19(20-10-12-23(13-11-20)34-15-7-14-32(34)5)31-26(37)24(35)25(36)27(38)33-18-28(2,3)17-29(33,4)21-8-6-9-22(30)16-21/h6-13,15-16,19,24-25,35-36H,14,17-18H2,1-5H3,(H,31,37)/t19-,24-,25-,29?/m1/s1. The number of anilines is 1. The molecule has 0 spiro atoms. The highest BCUT2D eigenvalue weighted by Gasteiger charge is 2.51. The molecule has 9 heteroatoms. The number of likely N-dealkylation sites (N-methyl/N-ethyl adjacent to an activating group) is 1. The number of hydrogen-bond acceptors (Lipinski definition) is 6. The molecule has 4 rings (SSSR count). The van der Waals surface area contributed by atoms with Crippen LogP contribution < -0.4 is 10.3 Å². The van der Waals surface area contributed by atoms with Gasteiger partial charge in [-0.1, -0.05) is 55.8 Å². The van der Waals surface area contributed by atoms with Gasteiger partial charge in [0, 0.05) is 31.4 Å². The molecule has 2 aliphatic rings. The summed E-state index contributed by atoms with van der Waals surface area (Å²) in [5.41, 5.74) is 1.66. The quantitative estimate of drug-likeness (QED) is 0.497. The number of nitrogens with one attached hydrogen (secondary N) is 1. The van der Waals surface area contributed by atoms with Gasteiger partial charge in [0.1, 0.15) is 0 Å². The number of carbonyl (C=O) groups excluding carboxylic acids is 2. The Morgan fingerprint density at radius 3 is 2.34 bits per heavy atom. The van der Waals surface area contributed by atoms with Gasteiger partial charge in [0.2, 0.25) is 0 Å². The molecule has 0 radical (unpaired) electrons. The lowest BCUT2D eigenvalue weighted by atomic mass is 9.81. The van der Waals surface area contributed by atoms with Crippen LogP contribution in [0.25, 0.3) is 0 Å². The first kappa shape index (κ1) is 28.1. The van der Waals surface area contributed by atoms with E-state index in [4.69, 9.17) is 11.6 Å². The zero-order chi connectivity index (χ0) is 27.8. The van der Waals surface area contributed by atoms with Gasteiger partial charge in [0.25, 0.3) is 11.8 Å². The van der Waals surface area contributed by atoms with Gasteiger partial charge in [-0.15, -0.1) is 0 Å². The number of likely N-dealkylation sites (tertiary alicyclic amines) is 1. The highest BCUT2D eigenvalue weighted by atomic mass is 35.5. The highest BCUT2D eigenvalue weighted by molar-refractivity contribution is 6.30. The average Bonchev–Trinajstić information content (AvgIpc) is 3.42. The van der Waals surface area contributed by atoms with Crippen LogP contribution in [-0.2, 0) is 15.1 Å². The molecule has 0 aromatic heterocycles. The van der Waals surface area contributed by atoms with Crippen LogP contribution in [0.1, 0.15) is 51.3 Å². The van der Waals surface area contributed by atoms with Gasteiger partial charge in [0.15, 0.2) is 12.2 Å². The van der Waals surface area contributed by atoms with Crippen molar-refractivity contribution in [1.82, 2.24) is 15.2 Å². The van der Waals surface area contributed by atoms with E-state index in [1.807, 2.05) is 81.5 Å². The van der Waals surface area contributed by atoms with Crippen molar-refractivity contribution in [3.63, 3.8) is 0 Å². The van der Waals surface area contributed by atoms with Crippen molar-refractivity contribution in [3.8, 4) is 0 Å². The number of hydrogen-bond donors (Lipinski definition) is 3. The molecule has 204 valence electrons. The van der Waals surface area contributed by atoms with Crippen molar-refractivity contribution in [2.45, 2.75) is 57.9 Å². The molecule has 4 atom stereocenters. The minimum Gasteiger partial charge on any atom is -0.380 e. The van der Waals surface area contributed by atoms with Crippen molar-refractivity contribution in [1.29, 1.82) is 0 Å². The smallest absolute Gasteiger partial charge is 0.255 e. The molecular formula is C29H37ClN4O4. The molecule has 1 saturated heterocycles. The Labute approximate surface area is 229 Å². The number of halogens is 1. The molecule has 2 amide bonds. The van der Waals surface area contributed by atoms with Crippen LogP contribution in [0.3, 0.4) is 0 Å². The third-order valence-corrected chi connectivity index (χ3v) is 7.77. The summed E-state index contributed by atoms with van der Waals surface area (Å²) in [6.45, 7) is 9.00. The summed E-state index contributed by atoms with van der Waals surface area (Å²) in [7, 11) is 1.99. The van der Waals surface area contributed by atoms with Crippen LogP contribution in [0.5, 0.6) is 0 Å². The Bertz CT molecular complexity index is 1220. The largest absolute Gasteiger partial charge is 0.380 e.